The quantitative estimate of drug-likeness (QED) is 0.748. The van der Waals surface area contributed by atoms with Gasteiger partial charge in [-0.1, -0.05) is 18.2 Å². The number of aromatic nitrogens is 1. The van der Waals surface area contributed by atoms with Crippen molar-refractivity contribution < 1.29 is 14.3 Å². The summed E-state index contributed by atoms with van der Waals surface area (Å²) in [5, 5.41) is 0. The van der Waals surface area contributed by atoms with E-state index in [1.165, 1.54) is 5.56 Å². The molecule has 0 bridgehead atoms. The molecule has 6 nitrogen and oxygen atoms in total. The third kappa shape index (κ3) is 4.89. The van der Waals surface area contributed by atoms with E-state index in [0.29, 0.717) is 26.3 Å². The van der Waals surface area contributed by atoms with Crippen molar-refractivity contribution in [3.05, 3.63) is 53.9 Å². The summed E-state index contributed by atoms with van der Waals surface area (Å²) in [6.07, 6.45) is 2.63. The smallest absolute Gasteiger partial charge is 0.241 e. The highest BCUT2D eigenvalue weighted by Gasteiger charge is 2.32. The van der Waals surface area contributed by atoms with Gasteiger partial charge >= 0.3 is 0 Å². The van der Waals surface area contributed by atoms with Gasteiger partial charge in [0.2, 0.25) is 5.91 Å². The van der Waals surface area contributed by atoms with E-state index < -0.39 is 0 Å². The molecule has 1 aromatic heterocycles. The molecule has 0 saturated carbocycles. The van der Waals surface area contributed by atoms with Crippen LogP contribution in [0, 0.1) is 6.92 Å². The van der Waals surface area contributed by atoms with E-state index in [1.807, 2.05) is 42.2 Å². The van der Waals surface area contributed by atoms with Gasteiger partial charge in [0.15, 0.2) is 0 Å². The number of halogens is 1. The van der Waals surface area contributed by atoms with Gasteiger partial charge in [0.1, 0.15) is 18.5 Å². The summed E-state index contributed by atoms with van der Waals surface area (Å²) in [4.78, 5) is 21.4. The lowest BCUT2D eigenvalue weighted by molar-refractivity contribution is -0.122. The summed E-state index contributed by atoms with van der Waals surface area (Å²) in [7, 11) is 0. The van der Waals surface area contributed by atoms with Crippen LogP contribution in [0.5, 0.6) is 5.75 Å². The highest BCUT2D eigenvalue weighted by atomic mass is 35.5. The first-order valence-electron chi connectivity index (χ1n) is 9.90. The molecular formula is C22H28ClN3O3. The minimum atomic E-state index is -0.0514. The predicted molar refractivity (Wildman–Crippen MR) is 115 cm³/mol. The molecule has 0 N–H and O–H groups in total. The zero-order valence-corrected chi connectivity index (χ0v) is 17.7. The number of para-hydroxylation sites is 1. The highest BCUT2D eigenvalue weighted by molar-refractivity contribution is 5.97. The average Bonchev–Trinajstić information content (AvgIpc) is 3.03. The first kappa shape index (κ1) is 21.6. The molecular weight excluding hydrogens is 390 g/mol. The molecule has 0 radical (unpaired) electrons. The molecule has 1 fully saturated rings. The Kier molecular flexibility index (Phi) is 7.11. The van der Waals surface area contributed by atoms with E-state index in [9.17, 15) is 4.79 Å². The minimum absolute atomic E-state index is 0. The Morgan fingerprint density at radius 1 is 1.28 bits per heavy atom. The second-order valence-electron chi connectivity index (χ2n) is 7.57. The largest absolute Gasteiger partial charge is 0.489 e. The van der Waals surface area contributed by atoms with Crippen molar-refractivity contribution in [3.63, 3.8) is 0 Å². The third-order valence-electron chi connectivity index (χ3n) is 5.44. The lowest BCUT2D eigenvalue weighted by Gasteiger charge is -2.34. The van der Waals surface area contributed by atoms with Gasteiger partial charge in [0.25, 0.3) is 0 Å². The molecule has 3 heterocycles. The van der Waals surface area contributed by atoms with Gasteiger partial charge in [-0.15, -0.1) is 12.4 Å². The maximum absolute atomic E-state index is 13.0. The van der Waals surface area contributed by atoms with Gasteiger partial charge in [-0.25, -0.2) is 0 Å². The predicted octanol–water partition coefficient (Wildman–Crippen LogP) is 2.87. The number of fused-ring (bicyclic) bond motifs is 1. The number of benzene rings is 1. The number of ether oxygens (including phenoxy) is 2. The Morgan fingerprint density at radius 2 is 2.10 bits per heavy atom. The molecule has 1 amide bonds. The van der Waals surface area contributed by atoms with E-state index in [0.717, 1.165) is 30.1 Å². The number of morpholine rings is 1. The number of nitrogens with zero attached hydrogens (tertiary/aromatic N) is 3. The van der Waals surface area contributed by atoms with Gasteiger partial charge in [-0.2, -0.15) is 0 Å². The van der Waals surface area contributed by atoms with Crippen LogP contribution in [0.4, 0.5) is 5.69 Å². The van der Waals surface area contributed by atoms with E-state index in [-0.39, 0.29) is 30.5 Å². The van der Waals surface area contributed by atoms with Gasteiger partial charge in [0.05, 0.1) is 18.8 Å². The van der Waals surface area contributed by atoms with E-state index in [2.05, 4.69) is 22.9 Å². The fraction of sp³-hybridized carbons (Fsp3) is 0.455. The summed E-state index contributed by atoms with van der Waals surface area (Å²) >= 11 is 0. The molecule has 2 aromatic rings. The number of carbonyl (C=O) groups is 1. The standard InChI is InChI=1S/C22H27N3O3.ClH/c1-16-12-18-6-3-4-7-20(18)25(16)22(26)14-24-10-11-27-19(13-24)15-28-21-8-5-9-23-17(21)2;/h3-9,16,19H,10-15H2,1-2H3;1H/t16?,19-;/m0./s1. The van der Waals surface area contributed by atoms with Crippen molar-refractivity contribution in [3.8, 4) is 5.75 Å². The monoisotopic (exact) mass is 417 g/mol. The van der Waals surface area contributed by atoms with Crippen molar-refractivity contribution >= 4 is 24.0 Å². The Morgan fingerprint density at radius 3 is 2.93 bits per heavy atom. The topological polar surface area (TPSA) is 54.9 Å². The van der Waals surface area contributed by atoms with Crippen molar-refractivity contribution in [2.45, 2.75) is 32.4 Å². The Balaban J connectivity index is 0.00000240. The molecule has 2 aliphatic rings. The van der Waals surface area contributed by atoms with Crippen LogP contribution in [0.3, 0.4) is 0 Å². The lowest BCUT2D eigenvalue weighted by atomic mass is 10.1. The summed E-state index contributed by atoms with van der Waals surface area (Å²) in [6, 6.07) is 12.2. The molecule has 2 aliphatic heterocycles. The van der Waals surface area contributed by atoms with Crippen LogP contribution in [-0.2, 0) is 16.0 Å². The zero-order chi connectivity index (χ0) is 19.5. The van der Waals surface area contributed by atoms with Crippen LogP contribution in [0.25, 0.3) is 0 Å². The highest BCUT2D eigenvalue weighted by Crippen LogP contribution is 2.32. The van der Waals surface area contributed by atoms with Crippen LogP contribution in [-0.4, -0.2) is 60.8 Å². The molecule has 0 spiro atoms. The van der Waals surface area contributed by atoms with Crippen LogP contribution in [0.2, 0.25) is 0 Å². The van der Waals surface area contributed by atoms with Gasteiger partial charge in [-0.3, -0.25) is 14.7 Å². The van der Waals surface area contributed by atoms with Crippen LogP contribution in [0.15, 0.2) is 42.6 Å². The third-order valence-corrected chi connectivity index (χ3v) is 5.44. The molecule has 2 atom stereocenters. The van der Waals surface area contributed by atoms with Crippen LogP contribution in [0.1, 0.15) is 18.2 Å². The van der Waals surface area contributed by atoms with Crippen LogP contribution < -0.4 is 9.64 Å². The summed E-state index contributed by atoms with van der Waals surface area (Å²) < 4.78 is 11.7. The second kappa shape index (κ2) is 9.57. The molecule has 1 aromatic carbocycles. The Hall–Kier alpha value is -2.15. The Bertz CT molecular complexity index is 848. The Labute approximate surface area is 178 Å². The first-order chi connectivity index (χ1) is 13.6. The molecule has 156 valence electrons. The van der Waals surface area contributed by atoms with Crippen molar-refractivity contribution in [2.24, 2.45) is 0 Å². The number of aryl methyl sites for hydroxylation is 1. The second-order valence-corrected chi connectivity index (χ2v) is 7.57. The zero-order valence-electron chi connectivity index (χ0n) is 16.9. The number of hydrogen-bond donors (Lipinski definition) is 0. The maximum atomic E-state index is 13.0. The van der Waals surface area contributed by atoms with Gasteiger partial charge < -0.3 is 14.4 Å². The number of rotatable bonds is 5. The first-order valence-corrected chi connectivity index (χ1v) is 9.90. The van der Waals surface area contributed by atoms with Crippen molar-refractivity contribution in [1.82, 2.24) is 9.88 Å². The van der Waals surface area contributed by atoms with Crippen molar-refractivity contribution in [2.75, 3.05) is 37.7 Å². The fourth-order valence-corrected chi connectivity index (χ4v) is 4.04. The summed E-state index contributed by atoms with van der Waals surface area (Å²) in [5.74, 6) is 0.934. The number of anilines is 1. The number of hydrogen-bond acceptors (Lipinski definition) is 5. The van der Waals surface area contributed by atoms with Crippen molar-refractivity contribution in [1.29, 1.82) is 0 Å². The SMILES string of the molecule is Cc1ncccc1OC[C@@H]1CN(CC(=O)N2c3ccccc3CC2C)CCO1.Cl. The average molecular weight is 418 g/mol. The number of pyridine rings is 1. The normalized spacial score (nSPS) is 21.4. The maximum Gasteiger partial charge on any atom is 0.241 e. The van der Waals surface area contributed by atoms with Gasteiger partial charge in [0, 0.05) is 31.0 Å². The summed E-state index contributed by atoms with van der Waals surface area (Å²) in [6.45, 7) is 6.97. The molecule has 4 rings (SSSR count). The molecule has 1 unspecified atom stereocenters. The molecule has 1 saturated heterocycles. The number of amides is 1. The summed E-state index contributed by atoms with van der Waals surface area (Å²) in [5.41, 5.74) is 3.18. The van der Waals surface area contributed by atoms with E-state index in [1.54, 1.807) is 6.20 Å². The van der Waals surface area contributed by atoms with Gasteiger partial charge in [-0.05, 0) is 44.0 Å². The minimum Gasteiger partial charge on any atom is -0.489 e. The van der Waals surface area contributed by atoms with E-state index >= 15 is 0 Å². The fourth-order valence-electron chi connectivity index (χ4n) is 4.04. The molecule has 7 heteroatoms. The lowest BCUT2D eigenvalue weighted by Crippen LogP contribution is -2.50. The molecule has 29 heavy (non-hydrogen) atoms. The number of carbonyl (C=O) groups excluding carboxylic acids is 1. The van der Waals surface area contributed by atoms with Crippen LogP contribution >= 0.6 is 12.4 Å². The molecule has 0 aliphatic carbocycles. The van der Waals surface area contributed by atoms with E-state index in [4.69, 9.17) is 9.47 Å².